The maximum Gasteiger partial charge on any atom is 0.108 e. The quantitative estimate of drug-likeness (QED) is 0.400. The summed E-state index contributed by atoms with van der Waals surface area (Å²) in [5.74, 6) is 0. The van der Waals surface area contributed by atoms with Crippen LogP contribution in [0.1, 0.15) is 6.92 Å². The molecule has 0 radical (unpaired) electrons. The first-order valence-corrected chi connectivity index (χ1v) is 3.78. The Labute approximate surface area is 66.1 Å². The van der Waals surface area contributed by atoms with Crippen molar-refractivity contribution in [2.75, 3.05) is 13.6 Å². The summed E-state index contributed by atoms with van der Waals surface area (Å²) in [6.45, 7) is 2.24. The standard InChI is InChI=1S/C7H15NO3/c1-4-6(10)7(11)5(9)3-8(4)2/h4-7,9-11H,3H2,1-2H3/t4?,5?,6-,7?/m0/s1. The van der Waals surface area contributed by atoms with Gasteiger partial charge in [0.1, 0.15) is 6.10 Å². The lowest BCUT2D eigenvalue weighted by Gasteiger charge is -2.40. The van der Waals surface area contributed by atoms with Crippen LogP contribution in [0.4, 0.5) is 0 Å². The number of aliphatic hydroxyl groups is 3. The molecule has 66 valence electrons. The highest BCUT2D eigenvalue weighted by atomic mass is 16.4. The minimum Gasteiger partial charge on any atom is -0.389 e. The number of hydrogen-bond donors (Lipinski definition) is 3. The lowest BCUT2D eigenvalue weighted by Crippen LogP contribution is -2.58. The zero-order valence-electron chi connectivity index (χ0n) is 6.81. The number of rotatable bonds is 0. The lowest BCUT2D eigenvalue weighted by atomic mass is 9.96. The molecule has 0 spiro atoms. The van der Waals surface area contributed by atoms with E-state index in [1.165, 1.54) is 0 Å². The molecule has 1 heterocycles. The summed E-state index contributed by atoms with van der Waals surface area (Å²) in [6, 6.07) is -0.0894. The van der Waals surface area contributed by atoms with Crippen molar-refractivity contribution in [3.05, 3.63) is 0 Å². The van der Waals surface area contributed by atoms with Gasteiger partial charge in [-0.2, -0.15) is 0 Å². The Bertz CT molecular complexity index is 128. The highest BCUT2D eigenvalue weighted by Crippen LogP contribution is 2.16. The molecule has 1 aliphatic heterocycles. The van der Waals surface area contributed by atoms with Crippen LogP contribution >= 0.6 is 0 Å². The first kappa shape index (κ1) is 8.93. The fourth-order valence-electron chi connectivity index (χ4n) is 1.34. The fourth-order valence-corrected chi connectivity index (χ4v) is 1.34. The first-order chi connectivity index (χ1) is 5.04. The number of likely N-dealkylation sites (tertiary alicyclic amines) is 1. The van der Waals surface area contributed by atoms with Crippen LogP contribution < -0.4 is 0 Å². The second-order valence-corrected chi connectivity index (χ2v) is 3.23. The smallest absolute Gasteiger partial charge is 0.108 e. The van der Waals surface area contributed by atoms with Gasteiger partial charge >= 0.3 is 0 Å². The van der Waals surface area contributed by atoms with Crippen LogP contribution in [0.25, 0.3) is 0 Å². The van der Waals surface area contributed by atoms with Gasteiger partial charge < -0.3 is 15.3 Å². The summed E-state index contributed by atoms with van der Waals surface area (Å²) < 4.78 is 0. The predicted molar refractivity (Wildman–Crippen MR) is 40.1 cm³/mol. The fraction of sp³-hybridized carbons (Fsp3) is 1.00. The van der Waals surface area contributed by atoms with E-state index >= 15 is 0 Å². The van der Waals surface area contributed by atoms with Crippen LogP contribution in [-0.2, 0) is 0 Å². The minimum atomic E-state index is -0.999. The summed E-state index contributed by atoms with van der Waals surface area (Å²) in [5, 5.41) is 27.7. The van der Waals surface area contributed by atoms with E-state index in [4.69, 9.17) is 0 Å². The van der Waals surface area contributed by atoms with Crippen molar-refractivity contribution in [2.24, 2.45) is 0 Å². The number of aliphatic hydroxyl groups excluding tert-OH is 3. The van der Waals surface area contributed by atoms with Gasteiger partial charge in [-0.25, -0.2) is 0 Å². The Morgan fingerprint density at radius 1 is 1.18 bits per heavy atom. The molecule has 3 unspecified atom stereocenters. The van der Waals surface area contributed by atoms with Gasteiger partial charge in [0, 0.05) is 12.6 Å². The Hall–Kier alpha value is -0.160. The van der Waals surface area contributed by atoms with E-state index in [1.54, 1.807) is 0 Å². The average molecular weight is 161 g/mol. The molecule has 0 bridgehead atoms. The third-order valence-electron chi connectivity index (χ3n) is 2.41. The number of hydrogen-bond acceptors (Lipinski definition) is 4. The molecule has 11 heavy (non-hydrogen) atoms. The third kappa shape index (κ3) is 1.54. The molecule has 1 aliphatic rings. The molecule has 1 rings (SSSR count). The maximum atomic E-state index is 9.34. The van der Waals surface area contributed by atoms with Gasteiger partial charge in [0.25, 0.3) is 0 Å². The van der Waals surface area contributed by atoms with Gasteiger partial charge in [-0.05, 0) is 14.0 Å². The van der Waals surface area contributed by atoms with E-state index in [0.717, 1.165) is 0 Å². The van der Waals surface area contributed by atoms with E-state index in [1.807, 2.05) is 18.9 Å². The molecule has 0 aromatic rings. The zero-order chi connectivity index (χ0) is 8.59. The topological polar surface area (TPSA) is 63.9 Å². The van der Waals surface area contributed by atoms with E-state index in [9.17, 15) is 15.3 Å². The number of nitrogens with zero attached hydrogens (tertiary/aromatic N) is 1. The van der Waals surface area contributed by atoms with Crippen LogP contribution in [-0.4, -0.2) is 58.2 Å². The molecular formula is C7H15NO3. The van der Waals surface area contributed by atoms with Crippen LogP contribution in [0.15, 0.2) is 0 Å². The first-order valence-electron chi connectivity index (χ1n) is 3.78. The highest BCUT2D eigenvalue weighted by molar-refractivity contribution is 4.90. The summed E-state index contributed by atoms with van der Waals surface area (Å²) in [5.41, 5.74) is 0. The van der Waals surface area contributed by atoms with Gasteiger partial charge in [-0.3, -0.25) is 4.90 Å². The molecule has 0 amide bonds. The van der Waals surface area contributed by atoms with Crippen LogP contribution in [0.2, 0.25) is 0 Å². The minimum absolute atomic E-state index is 0.0894. The predicted octanol–water partition coefficient (Wildman–Crippen LogP) is -1.60. The second-order valence-electron chi connectivity index (χ2n) is 3.23. The molecule has 3 N–H and O–H groups in total. The molecule has 1 fully saturated rings. The molecular weight excluding hydrogens is 146 g/mol. The molecule has 4 atom stereocenters. The number of piperidine rings is 1. The van der Waals surface area contributed by atoms with Crippen molar-refractivity contribution >= 4 is 0 Å². The SMILES string of the molecule is CC1[C@H](O)C(O)C(O)CN1C. The highest BCUT2D eigenvalue weighted by Gasteiger charge is 2.36. The van der Waals surface area contributed by atoms with E-state index in [2.05, 4.69) is 0 Å². The van der Waals surface area contributed by atoms with Gasteiger partial charge in [-0.15, -0.1) is 0 Å². The molecule has 0 aromatic heterocycles. The van der Waals surface area contributed by atoms with Gasteiger partial charge in [0.2, 0.25) is 0 Å². The van der Waals surface area contributed by atoms with Gasteiger partial charge in [-0.1, -0.05) is 0 Å². The molecule has 1 saturated heterocycles. The third-order valence-corrected chi connectivity index (χ3v) is 2.41. The van der Waals surface area contributed by atoms with Crippen molar-refractivity contribution in [1.82, 2.24) is 4.90 Å². The average Bonchev–Trinajstić information content (AvgIpc) is 1.97. The summed E-state index contributed by atoms with van der Waals surface area (Å²) >= 11 is 0. The van der Waals surface area contributed by atoms with Crippen LogP contribution in [0.5, 0.6) is 0 Å². The van der Waals surface area contributed by atoms with Crippen molar-refractivity contribution < 1.29 is 15.3 Å². The number of β-amino-alcohol motifs (C(OH)–C–C–N with tert-alkyl or cyclic N) is 1. The normalized spacial score (nSPS) is 47.7. The Kier molecular flexibility index (Phi) is 2.49. The van der Waals surface area contributed by atoms with E-state index < -0.39 is 18.3 Å². The largest absolute Gasteiger partial charge is 0.389 e. The maximum absolute atomic E-state index is 9.34. The van der Waals surface area contributed by atoms with Crippen molar-refractivity contribution in [3.8, 4) is 0 Å². The molecule has 4 nitrogen and oxygen atoms in total. The van der Waals surface area contributed by atoms with E-state index in [-0.39, 0.29) is 6.04 Å². The Morgan fingerprint density at radius 3 is 2.27 bits per heavy atom. The van der Waals surface area contributed by atoms with Gasteiger partial charge in [0.15, 0.2) is 0 Å². The summed E-state index contributed by atoms with van der Waals surface area (Å²) in [7, 11) is 1.81. The Morgan fingerprint density at radius 2 is 1.73 bits per heavy atom. The van der Waals surface area contributed by atoms with E-state index in [0.29, 0.717) is 6.54 Å². The molecule has 4 heteroatoms. The van der Waals surface area contributed by atoms with Crippen molar-refractivity contribution in [3.63, 3.8) is 0 Å². The van der Waals surface area contributed by atoms with Crippen molar-refractivity contribution in [1.29, 1.82) is 0 Å². The molecule has 0 aliphatic carbocycles. The zero-order valence-corrected chi connectivity index (χ0v) is 6.81. The monoisotopic (exact) mass is 161 g/mol. The summed E-state index contributed by atoms with van der Waals surface area (Å²) in [6.07, 6.45) is -2.67. The lowest BCUT2D eigenvalue weighted by molar-refractivity contribution is -0.127. The summed E-state index contributed by atoms with van der Waals surface area (Å²) in [4.78, 5) is 1.82. The number of likely N-dealkylation sites (N-methyl/N-ethyl adjacent to an activating group) is 1. The van der Waals surface area contributed by atoms with Crippen LogP contribution in [0.3, 0.4) is 0 Å². The Balaban J connectivity index is 2.63. The van der Waals surface area contributed by atoms with Gasteiger partial charge in [0.05, 0.1) is 12.2 Å². The second kappa shape index (κ2) is 3.06. The van der Waals surface area contributed by atoms with Crippen LogP contribution in [0, 0.1) is 0 Å². The van der Waals surface area contributed by atoms with Crippen molar-refractivity contribution in [2.45, 2.75) is 31.3 Å². The molecule has 0 saturated carbocycles. The molecule has 0 aromatic carbocycles.